The minimum atomic E-state index is 0.732. The van der Waals surface area contributed by atoms with Gasteiger partial charge in [-0.05, 0) is 56.5 Å². The van der Waals surface area contributed by atoms with Gasteiger partial charge in [0.05, 0.1) is 17.6 Å². The lowest BCUT2D eigenvalue weighted by molar-refractivity contribution is 0.303. The summed E-state index contributed by atoms with van der Waals surface area (Å²) < 4.78 is 8.23. The van der Waals surface area contributed by atoms with Crippen LogP contribution in [0.4, 0.5) is 0 Å². The predicted molar refractivity (Wildman–Crippen MR) is 116 cm³/mol. The zero-order valence-corrected chi connectivity index (χ0v) is 16.6. The Kier molecular flexibility index (Phi) is 5.43. The van der Waals surface area contributed by atoms with E-state index in [1.165, 1.54) is 22.2 Å². The van der Waals surface area contributed by atoms with Crippen LogP contribution in [0.3, 0.4) is 0 Å². The summed E-state index contributed by atoms with van der Waals surface area (Å²) in [5.74, 6) is 2.00. The molecule has 3 aromatic carbocycles. The second kappa shape index (κ2) is 8.30. The number of imidazole rings is 1. The summed E-state index contributed by atoms with van der Waals surface area (Å²) in [5, 5.41) is 0. The Hall–Kier alpha value is -3.07. The predicted octanol–water partition coefficient (Wildman–Crippen LogP) is 6.18. The molecule has 0 bridgehead atoms. The van der Waals surface area contributed by atoms with E-state index >= 15 is 0 Å². The van der Waals surface area contributed by atoms with Gasteiger partial charge in [-0.25, -0.2) is 4.98 Å². The van der Waals surface area contributed by atoms with E-state index < -0.39 is 0 Å². The van der Waals surface area contributed by atoms with E-state index in [0.29, 0.717) is 0 Å². The first-order valence-corrected chi connectivity index (χ1v) is 9.93. The van der Waals surface area contributed by atoms with Crippen LogP contribution in [0.15, 0.2) is 72.8 Å². The van der Waals surface area contributed by atoms with Crippen LogP contribution >= 0.6 is 0 Å². The number of para-hydroxylation sites is 2. The Morgan fingerprint density at radius 2 is 1.57 bits per heavy atom. The third-order valence-corrected chi connectivity index (χ3v) is 5.11. The first-order chi connectivity index (χ1) is 13.7. The van der Waals surface area contributed by atoms with E-state index in [9.17, 15) is 0 Å². The van der Waals surface area contributed by atoms with Gasteiger partial charge in [-0.3, -0.25) is 0 Å². The van der Waals surface area contributed by atoms with E-state index in [4.69, 9.17) is 9.72 Å². The molecule has 0 amide bonds. The Bertz CT molecular complexity index is 1060. The number of nitrogens with zero attached hydrogens (tertiary/aromatic N) is 2. The fourth-order valence-electron chi connectivity index (χ4n) is 3.53. The van der Waals surface area contributed by atoms with Crippen LogP contribution in [0.1, 0.15) is 24.0 Å². The third kappa shape index (κ3) is 3.94. The van der Waals surface area contributed by atoms with Gasteiger partial charge >= 0.3 is 0 Å². The summed E-state index contributed by atoms with van der Waals surface area (Å²) in [5.41, 5.74) is 5.95. The molecule has 28 heavy (non-hydrogen) atoms. The fourth-order valence-corrected chi connectivity index (χ4v) is 3.53. The Morgan fingerprint density at radius 1 is 0.821 bits per heavy atom. The molecule has 0 saturated carbocycles. The number of aromatic nitrogens is 2. The molecule has 0 aliphatic heterocycles. The summed E-state index contributed by atoms with van der Waals surface area (Å²) in [6, 6.07) is 25.1. The highest BCUT2D eigenvalue weighted by Gasteiger charge is 2.13. The maximum absolute atomic E-state index is 5.88. The van der Waals surface area contributed by atoms with E-state index in [1.54, 1.807) is 0 Å². The molecule has 0 atom stereocenters. The molecule has 3 heteroatoms. The first-order valence-electron chi connectivity index (χ1n) is 9.93. The van der Waals surface area contributed by atoms with Gasteiger partial charge < -0.3 is 9.30 Å². The van der Waals surface area contributed by atoms with Crippen LogP contribution in [-0.4, -0.2) is 16.2 Å². The Morgan fingerprint density at radius 3 is 2.39 bits per heavy atom. The van der Waals surface area contributed by atoms with Gasteiger partial charge in [0.2, 0.25) is 0 Å². The van der Waals surface area contributed by atoms with Crippen LogP contribution in [0.5, 0.6) is 5.75 Å². The van der Waals surface area contributed by atoms with Gasteiger partial charge in [-0.1, -0.05) is 54.1 Å². The monoisotopic (exact) mass is 370 g/mol. The van der Waals surface area contributed by atoms with Gasteiger partial charge in [0.1, 0.15) is 11.6 Å². The standard InChI is InChI=1S/C25H26N2O/c1-19-13-15-21(16-14-19)28-18-8-7-17-27-24-12-6-5-11-23(24)26-25(27)22-10-4-3-9-20(22)2/h3-6,9-16H,7-8,17-18H2,1-2H3. The summed E-state index contributed by atoms with van der Waals surface area (Å²) in [6.07, 6.45) is 2.05. The highest BCUT2D eigenvalue weighted by atomic mass is 16.5. The summed E-state index contributed by atoms with van der Waals surface area (Å²) >= 11 is 0. The summed E-state index contributed by atoms with van der Waals surface area (Å²) in [6.45, 7) is 5.90. The van der Waals surface area contributed by atoms with Crippen LogP contribution in [0, 0.1) is 13.8 Å². The van der Waals surface area contributed by atoms with E-state index in [1.807, 2.05) is 12.1 Å². The van der Waals surface area contributed by atoms with Crippen LogP contribution in [0.25, 0.3) is 22.4 Å². The second-order valence-corrected chi connectivity index (χ2v) is 7.26. The minimum Gasteiger partial charge on any atom is -0.494 e. The maximum Gasteiger partial charge on any atom is 0.141 e. The Balaban J connectivity index is 1.47. The number of aryl methyl sites for hydroxylation is 3. The van der Waals surface area contributed by atoms with Crippen LogP contribution < -0.4 is 4.74 Å². The lowest BCUT2D eigenvalue weighted by Gasteiger charge is -2.11. The highest BCUT2D eigenvalue weighted by Crippen LogP contribution is 2.27. The smallest absolute Gasteiger partial charge is 0.141 e. The number of rotatable bonds is 7. The lowest BCUT2D eigenvalue weighted by Crippen LogP contribution is -2.04. The van der Waals surface area contributed by atoms with Crippen LogP contribution in [-0.2, 0) is 6.54 Å². The topological polar surface area (TPSA) is 27.1 Å². The third-order valence-electron chi connectivity index (χ3n) is 5.11. The molecule has 0 unspecified atom stereocenters. The Labute approximate surface area is 166 Å². The largest absolute Gasteiger partial charge is 0.494 e. The van der Waals surface area contributed by atoms with E-state index in [2.05, 4.69) is 79.1 Å². The van der Waals surface area contributed by atoms with Gasteiger partial charge in [0.25, 0.3) is 0 Å². The van der Waals surface area contributed by atoms with Crippen molar-refractivity contribution in [3.63, 3.8) is 0 Å². The van der Waals surface area contributed by atoms with Crippen molar-refractivity contribution < 1.29 is 4.74 Å². The molecule has 0 fully saturated rings. The molecule has 0 N–H and O–H groups in total. The molecule has 0 saturated heterocycles. The van der Waals surface area contributed by atoms with Gasteiger partial charge in [-0.15, -0.1) is 0 Å². The summed E-state index contributed by atoms with van der Waals surface area (Å²) in [7, 11) is 0. The SMILES string of the molecule is Cc1ccc(OCCCCn2c(-c3ccccc3C)nc3ccccc32)cc1. The lowest BCUT2D eigenvalue weighted by atomic mass is 10.1. The van der Waals surface area contributed by atoms with Crippen molar-refractivity contribution in [3.8, 4) is 17.1 Å². The number of ether oxygens (including phenoxy) is 1. The number of hydrogen-bond donors (Lipinski definition) is 0. The van der Waals surface area contributed by atoms with Crippen molar-refractivity contribution in [1.29, 1.82) is 0 Å². The maximum atomic E-state index is 5.88. The second-order valence-electron chi connectivity index (χ2n) is 7.26. The average Bonchev–Trinajstić information content (AvgIpc) is 3.08. The molecule has 4 rings (SSSR count). The first kappa shape index (κ1) is 18.3. The van der Waals surface area contributed by atoms with E-state index in [0.717, 1.165) is 43.1 Å². The van der Waals surface area contributed by atoms with E-state index in [-0.39, 0.29) is 0 Å². The molecule has 142 valence electrons. The molecular formula is C25H26N2O. The number of hydrogen-bond acceptors (Lipinski definition) is 2. The molecule has 1 aromatic heterocycles. The van der Waals surface area contributed by atoms with Crippen molar-refractivity contribution in [1.82, 2.24) is 9.55 Å². The molecule has 3 nitrogen and oxygen atoms in total. The molecule has 0 spiro atoms. The van der Waals surface area contributed by atoms with Crippen molar-refractivity contribution in [2.45, 2.75) is 33.2 Å². The zero-order chi connectivity index (χ0) is 19.3. The quantitative estimate of drug-likeness (QED) is 0.363. The molecular weight excluding hydrogens is 344 g/mol. The normalized spacial score (nSPS) is 11.1. The number of fused-ring (bicyclic) bond motifs is 1. The summed E-state index contributed by atoms with van der Waals surface area (Å²) in [4.78, 5) is 4.93. The van der Waals surface area contributed by atoms with Crippen LogP contribution in [0.2, 0.25) is 0 Å². The van der Waals surface area contributed by atoms with Crippen molar-refractivity contribution in [3.05, 3.63) is 83.9 Å². The highest BCUT2D eigenvalue weighted by molar-refractivity contribution is 5.81. The number of benzene rings is 3. The molecule has 0 aliphatic rings. The zero-order valence-electron chi connectivity index (χ0n) is 16.6. The molecule has 4 aromatic rings. The molecule has 0 radical (unpaired) electrons. The van der Waals surface area contributed by atoms with Crippen molar-refractivity contribution in [2.24, 2.45) is 0 Å². The fraction of sp³-hybridized carbons (Fsp3) is 0.240. The molecule has 0 aliphatic carbocycles. The van der Waals surface area contributed by atoms with Gasteiger partial charge in [0, 0.05) is 12.1 Å². The average molecular weight is 370 g/mol. The number of unbranched alkanes of at least 4 members (excludes halogenated alkanes) is 1. The van der Waals surface area contributed by atoms with Gasteiger partial charge in [-0.2, -0.15) is 0 Å². The van der Waals surface area contributed by atoms with Crippen molar-refractivity contribution >= 4 is 11.0 Å². The molecule has 1 heterocycles. The van der Waals surface area contributed by atoms with Crippen molar-refractivity contribution in [2.75, 3.05) is 6.61 Å². The minimum absolute atomic E-state index is 0.732. The van der Waals surface area contributed by atoms with Gasteiger partial charge in [0.15, 0.2) is 0 Å².